The van der Waals surface area contributed by atoms with Gasteiger partial charge in [0.25, 0.3) is 0 Å². The molecular formula is C21H19F3N4O3S2. The van der Waals surface area contributed by atoms with E-state index in [1.165, 1.54) is 0 Å². The van der Waals surface area contributed by atoms with Crippen molar-refractivity contribution in [1.82, 2.24) is 14.5 Å². The minimum atomic E-state index is -4.68. The minimum absolute atomic E-state index is 0.0292. The van der Waals surface area contributed by atoms with E-state index in [9.17, 15) is 26.4 Å². The molecule has 33 heavy (non-hydrogen) atoms. The number of halogens is 3. The van der Waals surface area contributed by atoms with E-state index in [2.05, 4.69) is 15.5 Å². The molecule has 1 unspecified atom stereocenters. The summed E-state index contributed by atoms with van der Waals surface area (Å²) in [5.41, 5.74) is 0.842. The van der Waals surface area contributed by atoms with Gasteiger partial charge in [0.05, 0.1) is 10.5 Å². The largest absolute Gasteiger partial charge is 0.416 e. The number of alkyl halides is 3. The lowest BCUT2D eigenvalue weighted by atomic mass is 10.2. The molecule has 2 heterocycles. The average molecular weight is 497 g/mol. The number of hydrogen-bond acceptors (Lipinski definition) is 6. The first-order chi connectivity index (χ1) is 15.6. The topological polar surface area (TPSA) is 92.3 Å². The Labute approximate surface area is 192 Å². The van der Waals surface area contributed by atoms with Gasteiger partial charge in [0, 0.05) is 12.1 Å². The van der Waals surface area contributed by atoms with Crippen molar-refractivity contribution >= 4 is 32.4 Å². The highest BCUT2D eigenvalue weighted by Crippen LogP contribution is 2.33. The fourth-order valence-corrected chi connectivity index (χ4v) is 5.99. The number of rotatable bonds is 5. The first-order valence-corrected chi connectivity index (χ1v) is 12.2. The molecule has 3 aromatic rings. The molecular weight excluding hydrogens is 477 g/mol. The number of carbonyl (C=O) groups excluding carboxylic acids is 1. The molecule has 1 aliphatic rings. The number of anilines is 1. The first-order valence-electron chi connectivity index (χ1n) is 9.96. The van der Waals surface area contributed by atoms with Crippen molar-refractivity contribution in [3.8, 4) is 10.6 Å². The number of hydrogen-bond donors (Lipinski definition) is 1. The van der Waals surface area contributed by atoms with Crippen molar-refractivity contribution in [2.24, 2.45) is 0 Å². The lowest BCUT2D eigenvalue weighted by Crippen LogP contribution is -2.43. The van der Waals surface area contributed by atoms with Crippen LogP contribution in [0.5, 0.6) is 0 Å². The highest BCUT2D eigenvalue weighted by atomic mass is 32.2. The summed E-state index contributed by atoms with van der Waals surface area (Å²) in [6, 6.07) is 10.1. The second-order valence-electron chi connectivity index (χ2n) is 7.57. The van der Waals surface area contributed by atoms with Gasteiger partial charge in [-0.1, -0.05) is 47.2 Å². The van der Waals surface area contributed by atoms with Crippen LogP contribution in [0.2, 0.25) is 0 Å². The molecule has 4 rings (SSSR count). The number of benzene rings is 2. The summed E-state index contributed by atoms with van der Waals surface area (Å²) in [7, 11) is -4.31. The summed E-state index contributed by atoms with van der Waals surface area (Å²) in [5.74, 6) is -0.602. The molecule has 0 bridgehead atoms. The maximum atomic E-state index is 13.1. The van der Waals surface area contributed by atoms with Crippen molar-refractivity contribution in [1.29, 1.82) is 0 Å². The highest BCUT2D eigenvalue weighted by molar-refractivity contribution is 7.89. The number of amides is 1. The summed E-state index contributed by atoms with van der Waals surface area (Å²) in [5, 5.41) is 11.4. The molecule has 1 saturated heterocycles. The number of aryl methyl sites for hydroxylation is 1. The molecule has 12 heteroatoms. The van der Waals surface area contributed by atoms with Crippen LogP contribution in [0, 0.1) is 6.92 Å². The Balaban J connectivity index is 1.52. The number of aromatic nitrogens is 2. The molecule has 0 spiro atoms. The Morgan fingerprint density at radius 1 is 1.15 bits per heavy atom. The highest BCUT2D eigenvalue weighted by Gasteiger charge is 2.40. The maximum absolute atomic E-state index is 13.1. The number of nitrogens with one attached hydrogen (secondary N) is 1. The van der Waals surface area contributed by atoms with Gasteiger partial charge in [0.2, 0.25) is 21.1 Å². The van der Waals surface area contributed by atoms with Crippen LogP contribution >= 0.6 is 11.3 Å². The van der Waals surface area contributed by atoms with E-state index in [1.807, 2.05) is 31.2 Å². The summed E-state index contributed by atoms with van der Waals surface area (Å²) in [6.45, 7) is 1.98. The zero-order chi connectivity index (χ0) is 23.8. The van der Waals surface area contributed by atoms with Gasteiger partial charge in [-0.05, 0) is 38.0 Å². The number of nitrogens with zero attached hydrogens (tertiary/aromatic N) is 3. The molecule has 7 nitrogen and oxygen atoms in total. The van der Waals surface area contributed by atoms with Gasteiger partial charge in [0.15, 0.2) is 0 Å². The van der Waals surface area contributed by atoms with Crippen molar-refractivity contribution in [3.63, 3.8) is 0 Å². The Morgan fingerprint density at radius 3 is 2.58 bits per heavy atom. The molecule has 1 N–H and O–H groups in total. The van der Waals surface area contributed by atoms with E-state index in [4.69, 9.17) is 0 Å². The Kier molecular flexibility index (Phi) is 6.25. The molecule has 174 valence electrons. The van der Waals surface area contributed by atoms with Crippen LogP contribution in [-0.2, 0) is 21.0 Å². The molecule has 1 atom stereocenters. The Hall–Kier alpha value is -2.83. The van der Waals surface area contributed by atoms with Gasteiger partial charge in [0.1, 0.15) is 11.0 Å². The molecule has 2 aromatic carbocycles. The van der Waals surface area contributed by atoms with Gasteiger partial charge in [-0.25, -0.2) is 8.42 Å². The fraction of sp³-hybridized carbons (Fsp3) is 0.286. The average Bonchev–Trinajstić information content (AvgIpc) is 3.44. The van der Waals surface area contributed by atoms with E-state index < -0.39 is 38.6 Å². The summed E-state index contributed by atoms with van der Waals surface area (Å²) in [4.78, 5) is 12.4. The van der Waals surface area contributed by atoms with Crippen LogP contribution in [0.15, 0.2) is 53.4 Å². The van der Waals surface area contributed by atoms with Crippen molar-refractivity contribution < 1.29 is 26.4 Å². The molecule has 1 aliphatic heterocycles. The SMILES string of the molecule is Cc1ccc(-c2nnc(NC(=O)C3CCCN3S(=O)(=O)c3cccc(C(F)(F)F)c3)s2)cc1. The molecule has 0 saturated carbocycles. The third-order valence-corrected chi connectivity index (χ3v) is 8.02. The fourth-order valence-electron chi connectivity index (χ4n) is 3.53. The predicted molar refractivity (Wildman–Crippen MR) is 117 cm³/mol. The molecule has 1 amide bonds. The van der Waals surface area contributed by atoms with Gasteiger partial charge in [-0.15, -0.1) is 10.2 Å². The second-order valence-corrected chi connectivity index (χ2v) is 10.4. The van der Waals surface area contributed by atoms with Crippen molar-refractivity contribution in [3.05, 3.63) is 59.7 Å². The van der Waals surface area contributed by atoms with E-state index in [1.54, 1.807) is 0 Å². The van der Waals surface area contributed by atoms with Crippen LogP contribution in [0.25, 0.3) is 10.6 Å². The summed E-state index contributed by atoms with van der Waals surface area (Å²) >= 11 is 1.14. The van der Waals surface area contributed by atoms with Crippen LogP contribution < -0.4 is 5.32 Å². The predicted octanol–water partition coefficient (Wildman–Crippen LogP) is 4.32. The van der Waals surface area contributed by atoms with Gasteiger partial charge in [-0.2, -0.15) is 17.5 Å². The molecule has 1 aromatic heterocycles. The van der Waals surface area contributed by atoms with E-state index in [-0.39, 0.29) is 18.1 Å². The van der Waals surface area contributed by atoms with Gasteiger partial charge >= 0.3 is 6.18 Å². The summed E-state index contributed by atoms with van der Waals surface area (Å²) in [6.07, 6.45) is -4.03. The van der Waals surface area contributed by atoms with E-state index >= 15 is 0 Å². The van der Waals surface area contributed by atoms with Gasteiger partial charge in [-0.3, -0.25) is 10.1 Å². The quantitative estimate of drug-likeness (QED) is 0.568. The summed E-state index contributed by atoms with van der Waals surface area (Å²) < 4.78 is 66.2. The monoisotopic (exact) mass is 496 g/mol. The first kappa shape index (κ1) is 23.3. The van der Waals surface area contributed by atoms with Crippen LogP contribution in [0.3, 0.4) is 0 Å². The van der Waals surface area contributed by atoms with Crippen LogP contribution in [-0.4, -0.2) is 41.4 Å². The third-order valence-electron chi connectivity index (χ3n) is 5.23. The Morgan fingerprint density at radius 2 is 1.88 bits per heavy atom. The van der Waals surface area contributed by atoms with E-state index in [0.717, 1.165) is 45.0 Å². The van der Waals surface area contributed by atoms with Crippen molar-refractivity contribution in [2.75, 3.05) is 11.9 Å². The minimum Gasteiger partial charge on any atom is -0.299 e. The number of sulfonamides is 1. The van der Waals surface area contributed by atoms with Gasteiger partial charge < -0.3 is 0 Å². The second kappa shape index (κ2) is 8.84. The number of carbonyl (C=O) groups is 1. The Bertz CT molecular complexity index is 1270. The zero-order valence-electron chi connectivity index (χ0n) is 17.3. The van der Waals surface area contributed by atoms with Crippen LogP contribution in [0.4, 0.5) is 18.3 Å². The standard InChI is InChI=1S/C21H19F3N4O3S2/c1-13-7-9-14(10-8-13)19-26-27-20(32-19)25-18(29)17-6-3-11-28(17)33(30,31)16-5-2-4-15(12-16)21(22,23)24/h2,4-5,7-10,12,17H,3,6,11H2,1H3,(H,25,27,29). The zero-order valence-corrected chi connectivity index (χ0v) is 19.0. The molecule has 1 fully saturated rings. The molecule has 0 radical (unpaired) electrons. The normalized spacial score (nSPS) is 17.3. The lowest BCUT2D eigenvalue weighted by molar-refractivity contribution is -0.137. The van der Waals surface area contributed by atoms with E-state index in [0.29, 0.717) is 17.5 Å². The maximum Gasteiger partial charge on any atom is 0.416 e. The molecule has 0 aliphatic carbocycles. The lowest BCUT2D eigenvalue weighted by Gasteiger charge is -2.23. The van der Waals surface area contributed by atoms with Crippen LogP contribution in [0.1, 0.15) is 24.0 Å². The third kappa shape index (κ3) is 4.92. The smallest absolute Gasteiger partial charge is 0.299 e. The van der Waals surface area contributed by atoms with Crippen molar-refractivity contribution in [2.45, 2.75) is 36.9 Å².